The van der Waals surface area contributed by atoms with Gasteiger partial charge >= 0.3 is 12.0 Å². The first kappa shape index (κ1) is 19.8. The molecule has 1 aromatic carbocycles. The highest BCUT2D eigenvalue weighted by molar-refractivity contribution is 6.35. The molecule has 0 atom stereocenters. The van der Waals surface area contributed by atoms with Crippen molar-refractivity contribution in [1.82, 2.24) is 15.5 Å². The first-order valence-electron chi connectivity index (χ1n) is 8.33. The fourth-order valence-electron chi connectivity index (χ4n) is 2.99. The number of carbonyl (C=O) groups is 2. The summed E-state index contributed by atoms with van der Waals surface area (Å²) in [6.45, 7) is 3.11. The lowest BCUT2D eigenvalue weighted by Gasteiger charge is -2.42. The molecular formula is C17H23Cl2N3O3. The van der Waals surface area contributed by atoms with Gasteiger partial charge in [0.2, 0.25) is 0 Å². The average Bonchev–Trinajstić information content (AvgIpc) is 2.51. The summed E-state index contributed by atoms with van der Waals surface area (Å²) in [5.41, 5.74) is 0.821. The Balaban J connectivity index is 1.68. The third kappa shape index (κ3) is 5.76. The number of likely N-dealkylation sites (N-methyl/N-ethyl adjacent to an activating group) is 1. The van der Waals surface area contributed by atoms with Crippen molar-refractivity contribution in [3.05, 3.63) is 33.8 Å². The average molecular weight is 388 g/mol. The van der Waals surface area contributed by atoms with Crippen molar-refractivity contribution in [1.29, 1.82) is 0 Å². The fourth-order valence-corrected chi connectivity index (χ4v) is 3.57. The molecule has 1 saturated carbocycles. The summed E-state index contributed by atoms with van der Waals surface area (Å²) >= 11 is 12.2. The van der Waals surface area contributed by atoms with E-state index in [2.05, 4.69) is 10.6 Å². The molecule has 0 spiro atoms. The molecule has 25 heavy (non-hydrogen) atoms. The number of hydrogen-bond donors (Lipinski definition) is 3. The Morgan fingerprint density at radius 1 is 1.28 bits per heavy atom. The second-order valence-electron chi connectivity index (χ2n) is 6.13. The molecule has 0 bridgehead atoms. The maximum absolute atomic E-state index is 11.9. The summed E-state index contributed by atoms with van der Waals surface area (Å²) in [6, 6.07) is 5.39. The summed E-state index contributed by atoms with van der Waals surface area (Å²) in [5.74, 6) is -0.825. The van der Waals surface area contributed by atoms with E-state index in [1.165, 1.54) is 0 Å². The molecule has 0 unspecified atom stereocenters. The topological polar surface area (TPSA) is 81.7 Å². The number of carboxylic acids is 1. The van der Waals surface area contributed by atoms with Crippen molar-refractivity contribution in [3.8, 4) is 0 Å². The molecule has 1 aliphatic carbocycles. The van der Waals surface area contributed by atoms with Crippen molar-refractivity contribution >= 4 is 35.2 Å². The molecule has 0 aliphatic heterocycles. The number of rotatable bonds is 8. The molecular weight excluding hydrogens is 365 g/mol. The van der Waals surface area contributed by atoms with Crippen LogP contribution in [-0.4, -0.2) is 53.7 Å². The largest absolute Gasteiger partial charge is 0.480 e. The minimum Gasteiger partial charge on any atom is -0.480 e. The summed E-state index contributed by atoms with van der Waals surface area (Å²) in [4.78, 5) is 24.7. The summed E-state index contributed by atoms with van der Waals surface area (Å²) in [5, 5.41) is 15.8. The van der Waals surface area contributed by atoms with Gasteiger partial charge in [-0.05, 0) is 43.5 Å². The molecule has 8 heteroatoms. The number of nitrogens with zero attached hydrogens (tertiary/aromatic N) is 1. The molecule has 2 rings (SSSR count). The molecule has 6 nitrogen and oxygen atoms in total. The molecule has 1 fully saturated rings. The summed E-state index contributed by atoms with van der Waals surface area (Å²) < 4.78 is 0. The summed E-state index contributed by atoms with van der Waals surface area (Å²) in [7, 11) is 0. The van der Waals surface area contributed by atoms with Crippen LogP contribution in [0.2, 0.25) is 10.0 Å². The van der Waals surface area contributed by atoms with Gasteiger partial charge in [0.25, 0.3) is 0 Å². The van der Waals surface area contributed by atoms with E-state index in [1.807, 2.05) is 11.8 Å². The monoisotopic (exact) mass is 387 g/mol. The molecule has 138 valence electrons. The molecule has 0 saturated heterocycles. The van der Waals surface area contributed by atoms with Gasteiger partial charge in [-0.2, -0.15) is 0 Å². The summed E-state index contributed by atoms with van der Waals surface area (Å²) in [6.07, 6.45) is 2.09. The molecule has 3 N–H and O–H groups in total. The first-order chi connectivity index (χ1) is 11.9. The third-order valence-electron chi connectivity index (χ3n) is 4.43. The smallest absolute Gasteiger partial charge is 0.317 e. The number of aliphatic carboxylic acids is 1. The standard InChI is InChI=1S/C17H23Cl2N3O3/c1-2-22(10-16(23)24)12-8-11(9-12)21-17(25)20-7-6-13-14(18)4-3-5-15(13)19/h3-5,11-12H,2,6-10H2,1H3,(H,23,24)(H2,20,21,25). The van der Waals surface area contributed by atoms with Crippen LogP contribution in [0.5, 0.6) is 0 Å². The second-order valence-corrected chi connectivity index (χ2v) is 6.94. The number of benzene rings is 1. The SMILES string of the molecule is CCN(CC(=O)O)C1CC(NC(=O)NCCc2c(Cl)cccc2Cl)C1. The Kier molecular flexibility index (Phi) is 7.35. The van der Waals surface area contributed by atoms with E-state index in [-0.39, 0.29) is 24.7 Å². The molecule has 0 radical (unpaired) electrons. The number of hydrogen-bond acceptors (Lipinski definition) is 3. The van der Waals surface area contributed by atoms with Crippen LogP contribution in [0.3, 0.4) is 0 Å². The number of carbonyl (C=O) groups excluding carboxylic acids is 1. The van der Waals surface area contributed by atoms with Crippen molar-refractivity contribution in [3.63, 3.8) is 0 Å². The van der Waals surface area contributed by atoms with Crippen LogP contribution in [-0.2, 0) is 11.2 Å². The first-order valence-corrected chi connectivity index (χ1v) is 9.09. The molecule has 1 aliphatic rings. The minimum atomic E-state index is -0.825. The van der Waals surface area contributed by atoms with Crippen molar-refractivity contribution < 1.29 is 14.7 Å². The Morgan fingerprint density at radius 3 is 2.48 bits per heavy atom. The zero-order valence-corrected chi connectivity index (χ0v) is 15.6. The van der Waals surface area contributed by atoms with E-state index >= 15 is 0 Å². The van der Waals surface area contributed by atoms with E-state index in [4.69, 9.17) is 28.3 Å². The van der Waals surface area contributed by atoms with Crippen LogP contribution in [0.1, 0.15) is 25.3 Å². The van der Waals surface area contributed by atoms with Gasteiger partial charge < -0.3 is 15.7 Å². The highest BCUT2D eigenvalue weighted by atomic mass is 35.5. The lowest BCUT2D eigenvalue weighted by atomic mass is 9.85. The Bertz CT molecular complexity index is 601. The van der Waals surface area contributed by atoms with E-state index in [1.54, 1.807) is 18.2 Å². The highest BCUT2D eigenvalue weighted by Gasteiger charge is 2.34. The van der Waals surface area contributed by atoms with Crippen LogP contribution in [0.15, 0.2) is 18.2 Å². The lowest BCUT2D eigenvalue weighted by Crippen LogP contribution is -2.56. The van der Waals surface area contributed by atoms with E-state index in [0.29, 0.717) is 29.6 Å². The van der Waals surface area contributed by atoms with Gasteiger partial charge in [0.05, 0.1) is 6.54 Å². The number of nitrogens with one attached hydrogen (secondary N) is 2. The van der Waals surface area contributed by atoms with E-state index < -0.39 is 5.97 Å². The quantitative estimate of drug-likeness (QED) is 0.640. The highest BCUT2D eigenvalue weighted by Crippen LogP contribution is 2.26. The van der Waals surface area contributed by atoms with Crippen LogP contribution in [0.25, 0.3) is 0 Å². The Hall–Kier alpha value is -1.50. The molecule has 2 amide bonds. The van der Waals surface area contributed by atoms with Crippen LogP contribution >= 0.6 is 23.2 Å². The minimum absolute atomic E-state index is 0.0404. The van der Waals surface area contributed by atoms with E-state index in [9.17, 15) is 9.59 Å². The lowest BCUT2D eigenvalue weighted by molar-refractivity contribution is -0.139. The number of halogens is 2. The second kappa shape index (κ2) is 9.27. The van der Waals surface area contributed by atoms with Gasteiger partial charge in [-0.25, -0.2) is 4.79 Å². The normalized spacial score (nSPS) is 19.4. The van der Waals surface area contributed by atoms with Crippen LogP contribution in [0, 0.1) is 0 Å². The van der Waals surface area contributed by atoms with Gasteiger partial charge in [-0.3, -0.25) is 9.69 Å². The van der Waals surface area contributed by atoms with Crippen molar-refractivity contribution in [2.24, 2.45) is 0 Å². The fraction of sp³-hybridized carbons (Fsp3) is 0.529. The maximum Gasteiger partial charge on any atom is 0.317 e. The van der Waals surface area contributed by atoms with Crippen molar-refractivity contribution in [2.45, 2.75) is 38.3 Å². The van der Waals surface area contributed by atoms with Gasteiger partial charge in [0.15, 0.2) is 0 Å². The van der Waals surface area contributed by atoms with Gasteiger partial charge in [-0.1, -0.05) is 36.2 Å². The molecule has 1 aromatic rings. The van der Waals surface area contributed by atoms with Crippen molar-refractivity contribution in [2.75, 3.05) is 19.6 Å². The molecule has 0 heterocycles. The zero-order chi connectivity index (χ0) is 18.4. The van der Waals surface area contributed by atoms with Gasteiger partial charge in [0, 0.05) is 28.7 Å². The molecule has 0 aromatic heterocycles. The Labute approximate surface area is 157 Å². The van der Waals surface area contributed by atoms with Crippen LogP contribution < -0.4 is 10.6 Å². The number of carboxylic acid groups (broad SMARTS) is 1. The zero-order valence-electron chi connectivity index (χ0n) is 14.1. The maximum atomic E-state index is 11.9. The number of amides is 2. The Morgan fingerprint density at radius 2 is 1.92 bits per heavy atom. The number of urea groups is 1. The third-order valence-corrected chi connectivity index (χ3v) is 5.14. The predicted octanol–water partition coefficient (Wildman–Crippen LogP) is 2.77. The van der Waals surface area contributed by atoms with Gasteiger partial charge in [0.1, 0.15) is 0 Å². The van der Waals surface area contributed by atoms with E-state index in [0.717, 1.165) is 18.4 Å². The van der Waals surface area contributed by atoms with Crippen LogP contribution in [0.4, 0.5) is 4.79 Å². The predicted molar refractivity (Wildman–Crippen MR) is 98.4 cm³/mol. The van der Waals surface area contributed by atoms with Gasteiger partial charge in [-0.15, -0.1) is 0 Å².